The van der Waals surface area contributed by atoms with Crippen LogP contribution in [0.3, 0.4) is 0 Å². The van der Waals surface area contributed by atoms with Crippen LogP contribution in [0.4, 0.5) is 23.1 Å². The summed E-state index contributed by atoms with van der Waals surface area (Å²) in [7, 11) is 0. The fourth-order valence-corrected chi connectivity index (χ4v) is 3.59. The summed E-state index contributed by atoms with van der Waals surface area (Å²) in [5, 5.41) is 6.73. The highest BCUT2D eigenvalue weighted by Gasteiger charge is 2.12. The van der Waals surface area contributed by atoms with E-state index in [1.54, 1.807) is 0 Å². The lowest BCUT2D eigenvalue weighted by molar-refractivity contribution is 0.949. The van der Waals surface area contributed by atoms with Crippen LogP contribution < -0.4 is 15.5 Å². The van der Waals surface area contributed by atoms with E-state index in [0.29, 0.717) is 5.95 Å². The quantitative estimate of drug-likeness (QED) is 0.633. The number of hydrogen-bond acceptors (Lipinski definition) is 5. The molecule has 0 aliphatic carbocycles. The minimum atomic E-state index is 0.612. The van der Waals surface area contributed by atoms with E-state index < -0.39 is 0 Å². The molecule has 5 nitrogen and oxygen atoms in total. The molecule has 0 spiro atoms. The molecule has 1 fully saturated rings. The molecule has 5 heteroatoms. The van der Waals surface area contributed by atoms with Crippen LogP contribution in [-0.2, 0) is 6.54 Å². The first-order chi connectivity index (χ1) is 13.7. The van der Waals surface area contributed by atoms with Gasteiger partial charge in [-0.05, 0) is 56.5 Å². The zero-order chi connectivity index (χ0) is 19.3. The third-order valence-corrected chi connectivity index (χ3v) is 5.00. The minimum Gasteiger partial charge on any atom is -0.372 e. The molecule has 3 aromatic rings. The fraction of sp³-hybridized carbons (Fsp3) is 0.304. The molecular formula is C23H27N5. The molecular weight excluding hydrogens is 346 g/mol. The molecule has 0 radical (unpaired) electrons. The molecule has 0 amide bonds. The number of aromatic nitrogens is 2. The largest absolute Gasteiger partial charge is 0.372 e. The normalized spacial score (nSPS) is 13.6. The smallest absolute Gasteiger partial charge is 0.229 e. The second kappa shape index (κ2) is 8.30. The van der Waals surface area contributed by atoms with E-state index in [-0.39, 0.29) is 0 Å². The fourth-order valence-electron chi connectivity index (χ4n) is 3.59. The highest BCUT2D eigenvalue weighted by molar-refractivity contribution is 5.60. The lowest BCUT2D eigenvalue weighted by Crippen LogP contribution is -2.17. The molecule has 0 bridgehead atoms. The Kier molecular flexibility index (Phi) is 5.42. The first-order valence-electron chi connectivity index (χ1n) is 9.93. The Morgan fingerprint density at radius 1 is 0.929 bits per heavy atom. The van der Waals surface area contributed by atoms with Gasteiger partial charge in [0, 0.05) is 42.8 Å². The predicted molar refractivity (Wildman–Crippen MR) is 116 cm³/mol. The molecule has 2 N–H and O–H groups in total. The highest BCUT2D eigenvalue weighted by Crippen LogP contribution is 2.23. The maximum absolute atomic E-state index is 4.62. The van der Waals surface area contributed by atoms with E-state index in [9.17, 15) is 0 Å². The summed E-state index contributed by atoms with van der Waals surface area (Å²) < 4.78 is 0. The zero-order valence-corrected chi connectivity index (χ0v) is 16.6. The Labute approximate surface area is 166 Å². The van der Waals surface area contributed by atoms with Crippen molar-refractivity contribution in [3.63, 3.8) is 0 Å². The minimum absolute atomic E-state index is 0.612. The zero-order valence-electron chi connectivity index (χ0n) is 16.6. The number of benzene rings is 2. The van der Waals surface area contributed by atoms with Gasteiger partial charge < -0.3 is 15.5 Å². The third-order valence-electron chi connectivity index (χ3n) is 5.00. The lowest BCUT2D eigenvalue weighted by Gasteiger charge is -2.18. The standard InChI is InChI=1S/C23H27N5/c1-17-6-5-7-19(14-17)16-24-22-15-18(2)25-23(27-22)26-20-8-10-21(11-9-20)28-12-3-4-13-28/h5-11,14-15H,3-4,12-13,16H2,1-2H3,(H2,24,25,26,27). The Morgan fingerprint density at radius 2 is 1.71 bits per heavy atom. The summed E-state index contributed by atoms with van der Waals surface area (Å²) in [5.41, 5.74) is 5.71. The SMILES string of the molecule is Cc1cccc(CNc2cc(C)nc(Nc3ccc(N4CCCC4)cc3)n2)c1. The molecule has 0 saturated carbocycles. The summed E-state index contributed by atoms with van der Waals surface area (Å²) in [6.45, 7) is 7.14. The average Bonchev–Trinajstić information content (AvgIpc) is 3.21. The van der Waals surface area contributed by atoms with Crippen molar-refractivity contribution in [2.75, 3.05) is 28.6 Å². The van der Waals surface area contributed by atoms with E-state index in [1.807, 2.05) is 13.0 Å². The summed E-state index contributed by atoms with van der Waals surface area (Å²) in [4.78, 5) is 11.6. The van der Waals surface area contributed by atoms with Gasteiger partial charge in [-0.15, -0.1) is 0 Å². The maximum Gasteiger partial charge on any atom is 0.229 e. The van der Waals surface area contributed by atoms with Crippen LogP contribution in [0.25, 0.3) is 0 Å². The van der Waals surface area contributed by atoms with Crippen molar-refractivity contribution in [1.82, 2.24) is 9.97 Å². The number of nitrogens with zero attached hydrogens (tertiary/aromatic N) is 3. The molecule has 4 rings (SSSR count). The van der Waals surface area contributed by atoms with Gasteiger partial charge in [0.2, 0.25) is 5.95 Å². The lowest BCUT2D eigenvalue weighted by atomic mass is 10.1. The van der Waals surface area contributed by atoms with Crippen LogP contribution >= 0.6 is 0 Å². The van der Waals surface area contributed by atoms with E-state index >= 15 is 0 Å². The predicted octanol–water partition coefficient (Wildman–Crippen LogP) is 5.05. The van der Waals surface area contributed by atoms with Gasteiger partial charge in [-0.3, -0.25) is 0 Å². The van der Waals surface area contributed by atoms with Gasteiger partial charge in [0.05, 0.1) is 0 Å². The second-order valence-corrected chi connectivity index (χ2v) is 7.43. The van der Waals surface area contributed by atoms with Gasteiger partial charge in [0.15, 0.2) is 0 Å². The molecule has 144 valence electrons. The number of hydrogen-bond donors (Lipinski definition) is 2. The molecule has 1 aromatic heterocycles. The topological polar surface area (TPSA) is 53.1 Å². The summed E-state index contributed by atoms with van der Waals surface area (Å²) in [6.07, 6.45) is 2.57. The molecule has 1 saturated heterocycles. The van der Waals surface area contributed by atoms with Gasteiger partial charge in [-0.25, -0.2) is 4.98 Å². The highest BCUT2D eigenvalue weighted by atomic mass is 15.2. The average molecular weight is 374 g/mol. The third kappa shape index (κ3) is 4.60. The molecule has 28 heavy (non-hydrogen) atoms. The van der Waals surface area contributed by atoms with Crippen molar-refractivity contribution < 1.29 is 0 Å². The maximum atomic E-state index is 4.62. The molecule has 0 atom stereocenters. The molecule has 1 aliphatic rings. The van der Waals surface area contributed by atoms with Crippen molar-refractivity contribution in [3.8, 4) is 0 Å². The Morgan fingerprint density at radius 3 is 2.46 bits per heavy atom. The number of anilines is 4. The van der Waals surface area contributed by atoms with Crippen LogP contribution in [0, 0.1) is 13.8 Å². The first-order valence-corrected chi connectivity index (χ1v) is 9.93. The van der Waals surface area contributed by atoms with Gasteiger partial charge in [0.25, 0.3) is 0 Å². The van der Waals surface area contributed by atoms with Gasteiger partial charge in [0.1, 0.15) is 5.82 Å². The number of aryl methyl sites for hydroxylation is 2. The number of rotatable bonds is 6. The van der Waals surface area contributed by atoms with E-state index in [0.717, 1.165) is 36.8 Å². The molecule has 1 aliphatic heterocycles. The van der Waals surface area contributed by atoms with Crippen molar-refractivity contribution >= 4 is 23.1 Å². The van der Waals surface area contributed by atoms with Gasteiger partial charge >= 0.3 is 0 Å². The molecule has 2 heterocycles. The van der Waals surface area contributed by atoms with Crippen LogP contribution in [-0.4, -0.2) is 23.1 Å². The van der Waals surface area contributed by atoms with Crippen LogP contribution in [0.5, 0.6) is 0 Å². The summed E-state index contributed by atoms with van der Waals surface area (Å²) in [6, 6.07) is 19.0. The number of nitrogens with one attached hydrogen (secondary N) is 2. The summed E-state index contributed by atoms with van der Waals surface area (Å²) in [5.74, 6) is 1.44. The van der Waals surface area contributed by atoms with Crippen molar-refractivity contribution in [2.24, 2.45) is 0 Å². The monoisotopic (exact) mass is 373 g/mol. The van der Waals surface area contributed by atoms with Gasteiger partial charge in [-0.1, -0.05) is 29.8 Å². The van der Waals surface area contributed by atoms with Crippen molar-refractivity contribution in [2.45, 2.75) is 33.2 Å². The van der Waals surface area contributed by atoms with Crippen molar-refractivity contribution in [1.29, 1.82) is 0 Å². The molecule has 0 unspecified atom stereocenters. The Balaban J connectivity index is 1.43. The van der Waals surface area contributed by atoms with Crippen molar-refractivity contribution in [3.05, 3.63) is 71.4 Å². The van der Waals surface area contributed by atoms with Crippen LogP contribution in [0.1, 0.15) is 29.7 Å². The molecule has 2 aromatic carbocycles. The van der Waals surface area contributed by atoms with E-state index in [2.05, 4.69) is 81.0 Å². The first kappa shape index (κ1) is 18.3. The summed E-state index contributed by atoms with van der Waals surface area (Å²) >= 11 is 0. The van der Waals surface area contributed by atoms with Crippen LogP contribution in [0.2, 0.25) is 0 Å². The van der Waals surface area contributed by atoms with Gasteiger partial charge in [-0.2, -0.15) is 4.98 Å². The second-order valence-electron chi connectivity index (χ2n) is 7.43. The van der Waals surface area contributed by atoms with E-state index in [4.69, 9.17) is 0 Å². The van der Waals surface area contributed by atoms with E-state index in [1.165, 1.54) is 29.7 Å². The Hall–Kier alpha value is -3.08. The Bertz CT molecular complexity index is 930. The van der Waals surface area contributed by atoms with Crippen LogP contribution in [0.15, 0.2) is 54.6 Å².